The molecule has 16 heavy (non-hydrogen) atoms. The van der Waals surface area contributed by atoms with E-state index in [2.05, 4.69) is 5.18 Å². The Hall–Kier alpha value is -1.50. The minimum absolute atomic E-state index is 0.0500. The summed E-state index contributed by atoms with van der Waals surface area (Å²) < 4.78 is 4.97. The molecule has 0 aliphatic rings. The average Bonchev–Trinajstić information content (AvgIpc) is 2.10. The first-order valence-electron chi connectivity index (χ1n) is 4.80. The summed E-state index contributed by atoms with van der Waals surface area (Å²) in [5, 5.41) is 10.7. The van der Waals surface area contributed by atoms with E-state index < -0.39 is 17.7 Å². The van der Waals surface area contributed by atoms with Crippen LogP contribution >= 0.6 is 0 Å². The van der Waals surface area contributed by atoms with Crippen LogP contribution in [0.1, 0.15) is 27.7 Å². The Morgan fingerprint density at radius 3 is 2.38 bits per heavy atom. The van der Waals surface area contributed by atoms with Gasteiger partial charge in [0.2, 0.25) is 0 Å². The van der Waals surface area contributed by atoms with Crippen molar-refractivity contribution in [1.29, 1.82) is 5.41 Å². The van der Waals surface area contributed by atoms with Gasteiger partial charge in [0.1, 0.15) is 11.6 Å². The molecule has 1 unspecified atom stereocenters. The van der Waals surface area contributed by atoms with Gasteiger partial charge in [-0.25, -0.2) is 15.6 Å². The van der Waals surface area contributed by atoms with E-state index >= 15 is 0 Å². The van der Waals surface area contributed by atoms with E-state index in [0.29, 0.717) is 0 Å². The molecule has 7 nitrogen and oxygen atoms in total. The molecule has 0 saturated heterocycles. The lowest BCUT2D eigenvalue weighted by molar-refractivity contribution is 0.0246. The van der Waals surface area contributed by atoms with Crippen molar-refractivity contribution in [3.8, 4) is 0 Å². The van der Waals surface area contributed by atoms with Crippen molar-refractivity contribution in [2.24, 2.45) is 11.0 Å². The van der Waals surface area contributed by atoms with Crippen LogP contribution in [0.3, 0.4) is 0 Å². The normalized spacial score (nSPS) is 12.8. The number of ether oxygens (including phenoxy) is 1. The lowest BCUT2D eigenvalue weighted by atomic mass is 10.2. The van der Waals surface area contributed by atoms with Gasteiger partial charge < -0.3 is 10.1 Å². The maximum absolute atomic E-state index is 11.4. The van der Waals surface area contributed by atoms with Crippen LogP contribution in [0.15, 0.2) is 5.18 Å². The first-order chi connectivity index (χ1) is 7.17. The van der Waals surface area contributed by atoms with E-state index in [1.807, 2.05) is 0 Å². The lowest BCUT2D eigenvalue weighted by Crippen LogP contribution is -2.46. The second kappa shape index (κ2) is 5.55. The summed E-state index contributed by atoms with van der Waals surface area (Å²) in [6.45, 7) is 6.38. The highest BCUT2D eigenvalue weighted by atomic mass is 16.6. The molecule has 0 aromatic carbocycles. The lowest BCUT2D eigenvalue weighted by Gasteiger charge is -2.25. The van der Waals surface area contributed by atoms with Gasteiger partial charge in [-0.2, -0.15) is 4.91 Å². The number of nitrogens with one attached hydrogen (secondary N) is 1. The van der Waals surface area contributed by atoms with Gasteiger partial charge in [0.25, 0.3) is 0 Å². The van der Waals surface area contributed by atoms with E-state index in [1.165, 1.54) is 6.92 Å². The molecule has 0 heterocycles. The number of amides is 1. The van der Waals surface area contributed by atoms with Crippen molar-refractivity contribution in [2.45, 2.75) is 39.3 Å². The predicted octanol–water partition coefficient (Wildman–Crippen LogP) is 1.27. The summed E-state index contributed by atoms with van der Waals surface area (Å²) in [7, 11) is 0. The number of hydrazine groups is 1. The van der Waals surface area contributed by atoms with E-state index in [4.69, 9.17) is 16.0 Å². The summed E-state index contributed by atoms with van der Waals surface area (Å²) in [5.74, 6) is 5.40. The highest BCUT2D eigenvalue weighted by Gasteiger charge is 2.23. The number of nitrogens with zero attached hydrogens (tertiary/aromatic N) is 2. The Morgan fingerprint density at radius 1 is 1.56 bits per heavy atom. The molecule has 0 fully saturated rings. The first kappa shape index (κ1) is 14.5. The van der Waals surface area contributed by atoms with Crippen molar-refractivity contribution in [1.82, 2.24) is 5.01 Å². The second-order valence-electron chi connectivity index (χ2n) is 4.44. The van der Waals surface area contributed by atoms with Gasteiger partial charge in [-0.3, -0.25) is 0 Å². The molecule has 0 radical (unpaired) electrons. The molecule has 7 heteroatoms. The molecule has 0 aliphatic heterocycles. The Balaban J connectivity index is 4.35. The number of rotatable bonds is 4. The summed E-state index contributed by atoms with van der Waals surface area (Å²) in [4.78, 5) is 21.8. The van der Waals surface area contributed by atoms with Gasteiger partial charge in [-0.15, -0.1) is 0 Å². The predicted molar refractivity (Wildman–Crippen MR) is 60.1 cm³/mol. The van der Waals surface area contributed by atoms with Crippen molar-refractivity contribution >= 4 is 11.8 Å². The van der Waals surface area contributed by atoms with E-state index in [0.717, 1.165) is 5.01 Å². The third kappa shape index (κ3) is 5.40. The van der Waals surface area contributed by atoms with Gasteiger partial charge >= 0.3 is 6.09 Å². The van der Waals surface area contributed by atoms with Crippen LogP contribution in [0.4, 0.5) is 4.79 Å². The number of carbonyl (C=O) groups is 1. The fourth-order valence-corrected chi connectivity index (χ4v) is 0.831. The molecule has 92 valence electrons. The Bertz CT molecular complexity index is 285. The molecule has 0 aliphatic carbocycles. The Morgan fingerprint density at radius 2 is 2.06 bits per heavy atom. The number of nitroso groups, excluding NO2 is 1. The van der Waals surface area contributed by atoms with Gasteiger partial charge in [0, 0.05) is 5.71 Å². The van der Waals surface area contributed by atoms with Crippen molar-refractivity contribution in [3.63, 3.8) is 0 Å². The highest BCUT2D eigenvalue weighted by Crippen LogP contribution is 2.09. The van der Waals surface area contributed by atoms with E-state index in [1.54, 1.807) is 20.8 Å². The fourth-order valence-electron chi connectivity index (χ4n) is 0.831. The molecule has 0 aromatic rings. The maximum atomic E-state index is 11.4. The van der Waals surface area contributed by atoms with Gasteiger partial charge in [-0.05, 0) is 27.7 Å². The van der Waals surface area contributed by atoms with Crippen LogP contribution in [0.2, 0.25) is 0 Å². The third-order valence-electron chi connectivity index (χ3n) is 1.62. The highest BCUT2D eigenvalue weighted by molar-refractivity contribution is 5.85. The topological polar surface area (TPSA) is 109 Å². The zero-order valence-corrected chi connectivity index (χ0v) is 9.98. The average molecular weight is 230 g/mol. The van der Waals surface area contributed by atoms with Gasteiger partial charge in [0.15, 0.2) is 0 Å². The minimum Gasteiger partial charge on any atom is -0.443 e. The molecule has 0 bridgehead atoms. The second-order valence-corrected chi connectivity index (χ2v) is 4.44. The SMILES string of the molecule is CC(=N)C(CN(N)C(=O)OC(C)(C)C)N=O. The standard InChI is InChI=1S/C9H18N4O3/c1-6(10)7(12-15)5-13(11)8(14)16-9(2,3)4/h7,10H,5,11H2,1-4H3. The molecule has 0 rings (SSSR count). The quantitative estimate of drug-likeness (QED) is 0.249. The number of hydrogen-bond acceptors (Lipinski definition) is 6. The fraction of sp³-hybridized carbons (Fsp3) is 0.778. The Labute approximate surface area is 94.4 Å². The van der Waals surface area contributed by atoms with Gasteiger partial charge in [-0.1, -0.05) is 5.18 Å². The zero-order chi connectivity index (χ0) is 12.9. The van der Waals surface area contributed by atoms with E-state index in [9.17, 15) is 9.70 Å². The van der Waals surface area contributed by atoms with Crippen LogP contribution in [0.25, 0.3) is 0 Å². The molecular formula is C9H18N4O3. The van der Waals surface area contributed by atoms with Crippen LogP contribution in [-0.2, 0) is 4.74 Å². The molecule has 1 amide bonds. The molecule has 0 saturated carbocycles. The third-order valence-corrected chi connectivity index (χ3v) is 1.62. The summed E-state index contributed by atoms with van der Waals surface area (Å²) in [5.41, 5.74) is -0.604. The van der Waals surface area contributed by atoms with Crippen LogP contribution in [-0.4, -0.2) is 35.0 Å². The maximum Gasteiger partial charge on any atom is 0.424 e. The van der Waals surface area contributed by atoms with Crippen molar-refractivity contribution < 1.29 is 9.53 Å². The Kier molecular flexibility index (Phi) is 5.03. The molecule has 0 aromatic heterocycles. The smallest absolute Gasteiger partial charge is 0.424 e. The largest absolute Gasteiger partial charge is 0.443 e. The van der Waals surface area contributed by atoms with Gasteiger partial charge in [0.05, 0.1) is 6.54 Å². The summed E-state index contributed by atoms with van der Waals surface area (Å²) in [6, 6.07) is -0.933. The van der Waals surface area contributed by atoms with Crippen molar-refractivity contribution in [3.05, 3.63) is 4.91 Å². The first-order valence-corrected chi connectivity index (χ1v) is 4.80. The van der Waals surface area contributed by atoms with Crippen LogP contribution < -0.4 is 5.84 Å². The minimum atomic E-state index is -0.933. The molecular weight excluding hydrogens is 212 g/mol. The zero-order valence-electron chi connectivity index (χ0n) is 9.98. The number of hydrogen-bond donors (Lipinski definition) is 2. The summed E-state index contributed by atoms with van der Waals surface area (Å²) in [6.07, 6.45) is -0.748. The van der Waals surface area contributed by atoms with Crippen LogP contribution in [0, 0.1) is 10.3 Å². The number of carbonyl (C=O) groups excluding carboxylic acids is 1. The van der Waals surface area contributed by atoms with Crippen LogP contribution in [0.5, 0.6) is 0 Å². The molecule has 3 N–H and O–H groups in total. The summed E-state index contributed by atoms with van der Waals surface area (Å²) >= 11 is 0. The van der Waals surface area contributed by atoms with E-state index in [-0.39, 0.29) is 12.3 Å². The monoisotopic (exact) mass is 230 g/mol. The number of nitrogens with two attached hydrogens (primary N) is 1. The van der Waals surface area contributed by atoms with Crippen molar-refractivity contribution in [2.75, 3.05) is 6.54 Å². The molecule has 0 spiro atoms. The molecule has 1 atom stereocenters.